The minimum atomic E-state index is -2.40. The van der Waals surface area contributed by atoms with Crippen LogP contribution in [-0.2, 0) is 16.0 Å². The number of aliphatic carboxylic acids is 2. The summed E-state index contributed by atoms with van der Waals surface area (Å²) in [4.78, 5) is 25.2. The van der Waals surface area contributed by atoms with Gasteiger partial charge in [-0.1, -0.05) is 53.7 Å². The highest BCUT2D eigenvalue weighted by Gasteiger charge is 2.40. The Morgan fingerprint density at radius 2 is 1.71 bits per heavy atom. The Balaban J connectivity index is 0.000000316. The third kappa shape index (κ3) is 6.14. The van der Waals surface area contributed by atoms with Gasteiger partial charge in [0.05, 0.1) is 0 Å². The van der Waals surface area contributed by atoms with Gasteiger partial charge in [-0.15, -0.1) is 0 Å². The number of nitrogens with two attached hydrogens (primary N) is 1. The standard InChI is InChI=1S/C14H14N2O6.C8H11N/c17-12(18)11(16-22)6-14(21,13(19)20)5-8-7-15-10-4-2-1-3-9(8)10;1-7(9)8-5-3-2-4-6-8/h1-4,7,15,21-22H,5-6H2,(H,17,18)(H,19,20);2-7H,9H2,1H3/t14-;7-/m10/s1. The van der Waals surface area contributed by atoms with Gasteiger partial charge < -0.3 is 31.2 Å². The van der Waals surface area contributed by atoms with E-state index in [0.717, 1.165) is 10.9 Å². The molecule has 31 heavy (non-hydrogen) atoms. The second-order valence-corrected chi connectivity index (χ2v) is 7.10. The average Bonchev–Trinajstić information content (AvgIpc) is 3.15. The molecule has 2 aromatic carbocycles. The predicted octanol–water partition coefficient (Wildman–Crippen LogP) is 2.54. The first kappa shape index (κ1) is 23.6. The fraction of sp³-hybridized carbons (Fsp3) is 0.227. The molecule has 9 nitrogen and oxygen atoms in total. The van der Waals surface area contributed by atoms with Crippen LogP contribution in [-0.4, -0.2) is 48.8 Å². The van der Waals surface area contributed by atoms with Crippen molar-refractivity contribution in [3.05, 3.63) is 71.9 Å². The van der Waals surface area contributed by atoms with Gasteiger partial charge in [-0.25, -0.2) is 9.59 Å². The lowest BCUT2D eigenvalue weighted by molar-refractivity contribution is -0.157. The molecular weight excluding hydrogens is 402 g/mol. The Kier molecular flexibility index (Phi) is 7.89. The molecule has 0 fully saturated rings. The van der Waals surface area contributed by atoms with Crippen molar-refractivity contribution in [1.82, 2.24) is 4.98 Å². The van der Waals surface area contributed by atoms with Crippen molar-refractivity contribution in [2.45, 2.75) is 31.4 Å². The molecule has 164 valence electrons. The lowest BCUT2D eigenvalue weighted by Crippen LogP contribution is -2.44. The van der Waals surface area contributed by atoms with Gasteiger partial charge in [-0.3, -0.25) is 0 Å². The number of aliphatic hydroxyl groups is 1. The summed E-state index contributed by atoms with van der Waals surface area (Å²) in [7, 11) is 0. The minimum Gasteiger partial charge on any atom is -0.479 e. The Morgan fingerprint density at radius 1 is 1.10 bits per heavy atom. The Hall–Kier alpha value is -3.69. The summed E-state index contributed by atoms with van der Waals surface area (Å²) >= 11 is 0. The molecule has 3 rings (SSSR count). The number of oxime groups is 1. The molecule has 0 saturated carbocycles. The van der Waals surface area contributed by atoms with Crippen molar-refractivity contribution in [2.75, 3.05) is 0 Å². The number of hydrogen-bond donors (Lipinski definition) is 6. The van der Waals surface area contributed by atoms with Crippen molar-refractivity contribution in [3.8, 4) is 0 Å². The topological polar surface area (TPSA) is 169 Å². The molecule has 0 aliphatic rings. The maximum absolute atomic E-state index is 11.4. The third-order valence-electron chi connectivity index (χ3n) is 4.71. The first-order chi connectivity index (χ1) is 14.7. The molecule has 7 N–H and O–H groups in total. The quantitative estimate of drug-likeness (QED) is 0.191. The van der Waals surface area contributed by atoms with Crippen molar-refractivity contribution < 1.29 is 30.1 Å². The van der Waals surface area contributed by atoms with Crippen LogP contribution in [0.2, 0.25) is 0 Å². The van der Waals surface area contributed by atoms with E-state index in [1.807, 2.05) is 37.3 Å². The smallest absolute Gasteiger partial charge is 0.353 e. The van der Waals surface area contributed by atoms with Crippen LogP contribution < -0.4 is 5.73 Å². The molecule has 0 saturated heterocycles. The Bertz CT molecular complexity index is 1060. The number of hydrogen-bond acceptors (Lipinski definition) is 6. The fourth-order valence-corrected chi connectivity index (χ4v) is 2.99. The summed E-state index contributed by atoms with van der Waals surface area (Å²) in [6.07, 6.45) is 0.390. The number of H-pyrrole nitrogens is 1. The van der Waals surface area contributed by atoms with E-state index >= 15 is 0 Å². The zero-order valence-corrected chi connectivity index (χ0v) is 16.9. The summed E-state index contributed by atoms with van der Waals surface area (Å²) < 4.78 is 0. The van der Waals surface area contributed by atoms with Crippen LogP contribution in [0.3, 0.4) is 0 Å². The van der Waals surface area contributed by atoms with Crippen molar-refractivity contribution in [3.63, 3.8) is 0 Å². The normalized spacial score (nSPS) is 14.2. The summed E-state index contributed by atoms with van der Waals surface area (Å²) in [5, 5.41) is 40.2. The highest BCUT2D eigenvalue weighted by molar-refractivity contribution is 6.36. The monoisotopic (exact) mass is 427 g/mol. The predicted molar refractivity (Wildman–Crippen MR) is 115 cm³/mol. The van der Waals surface area contributed by atoms with E-state index in [-0.39, 0.29) is 12.5 Å². The minimum absolute atomic E-state index is 0.159. The van der Waals surface area contributed by atoms with Gasteiger partial charge in [0, 0.05) is 36.0 Å². The highest BCUT2D eigenvalue weighted by Crippen LogP contribution is 2.25. The van der Waals surface area contributed by atoms with Gasteiger partial charge in [-0.05, 0) is 24.1 Å². The molecule has 0 aliphatic heterocycles. The maximum Gasteiger partial charge on any atom is 0.353 e. The van der Waals surface area contributed by atoms with Crippen molar-refractivity contribution in [1.29, 1.82) is 0 Å². The maximum atomic E-state index is 11.4. The van der Waals surface area contributed by atoms with Gasteiger partial charge in [0.25, 0.3) is 0 Å². The Morgan fingerprint density at radius 3 is 2.23 bits per heavy atom. The summed E-state index contributed by atoms with van der Waals surface area (Å²) in [5.74, 6) is -3.19. The highest BCUT2D eigenvalue weighted by atomic mass is 16.4. The number of nitrogens with zero attached hydrogens (tertiary/aromatic N) is 1. The lowest BCUT2D eigenvalue weighted by atomic mass is 9.89. The lowest BCUT2D eigenvalue weighted by Gasteiger charge is -2.22. The molecule has 0 amide bonds. The first-order valence-electron chi connectivity index (χ1n) is 9.43. The van der Waals surface area contributed by atoms with Gasteiger partial charge in [0.1, 0.15) is 0 Å². The number of carbonyl (C=O) groups is 2. The van der Waals surface area contributed by atoms with E-state index < -0.39 is 29.7 Å². The third-order valence-corrected chi connectivity index (χ3v) is 4.71. The zero-order chi connectivity index (χ0) is 23.0. The number of nitrogens with one attached hydrogen (secondary N) is 1. The van der Waals surface area contributed by atoms with E-state index in [1.165, 1.54) is 5.56 Å². The van der Waals surface area contributed by atoms with E-state index in [0.29, 0.717) is 5.56 Å². The molecule has 2 atom stereocenters. The number of carboxylic acid groups (broad SMARTS) is 2. The van der Waals surface area contributed by atoms with Crippen LogP contribution in [0.4, 0.5) is 0 Å². The summed E-state index contributed by atoms with van der Waals surface area (Å²) in [6.45, 7) is 1.98. The van der Waals surface area contributed by atoms with Crippen LogP contribution in [0.25, 0.3) is 10.9 Å². The summed E-state index contributed by atoms with van der Waals surface area (Å²) in [6, 6.07) is 17.3. The number of aromatic nitrogens is 1. The number of fused-ring (bicyclic) bond motifs is 1. The van der Waals surface area contributed by atoms with Crippen LogP contribution in [0.1, 0.15) is 30.5 Å². The van der Waals surface area contributed by atoms with Crippen LogP contribution in [0.5, 0.6) is 0 Å². The number of rotatable bonds is 7. The van der Waals surface area contributed by atoms with Gasteiger partial charge in [0.15, 0.2) is 11.3 Å². The molecule has 9 heteroatoms. The van der Waals surface area contributed by atoms with E-state index in [1.54, 1.807) is 30.5 Å². The van der Waals surface area contributed by atoms with E-state index in [9.17, 15) is 19.8 Å². The largest absolute Gasteiger partial charge is 0.479 e. The molecule has 0 unspecified atom stereocenters. The fourth-order valence-electron chi connectivity index (χ4n) is 2.99. The van der Waals surface area contributed by atoms with Gasteiger partial charge in [0.2, 0.25) is 0 Å². The van der Waals surface area contributed by atoms with Crippen LogP contribution >= 0.6 is 0 Å². The number of para-hydroxylation sites is 1. The molecule has 1 aromatic heterocycles. The molecule has 0 bridgehead atoms. The molecule has 0 aliphatic carbocycles. The second kappa shape index (κ2) is 10.4. The first-order valence-corrected chi connectivity index (χ1v) is 9.43. The van der Waals surface area contributed by atoms with E-state index in [4.69, 9.17) is 16.0 Å². The molecule has 0 spiro atoms. The van der Waals surface area contributed by atoms with Crippen LogP contribution in [0, 0.1) is 0 Å². The molecule has 0 radical (unpaired) electrons. The second-order valence-electron chi connectivity index (χ2n) is 7.10. The van der Waals surface area contributed by atoms with Gasteiger partial charge >= 0.3 is 11.9 Å². The molecule has 1 heterocycles. The van der Waals surface area contributed by atoms with E-state index in [2.05, 4.69) is 10.1 Å². The van der Waals surface area contributed by atoms with Crippen molar-refractivity contribution in [2.24, 2.45) is 10.9 Å². The summed E-state index contributed by atoms with van der Waals surface area (Å²) in [5.41, 5.74) is 4.86. The zero-order valence-electron chi connectivity index (χ0n) is 16.9. The average molecular weight is 427 g/mol. The molecular formula is C22H25N3O6. The number of benzene rings is 2. The number of carboxylic acids is 2. The van der Waals surface area contributed by atoms with Gasteiger partial charge in [-0.2, -0.15) is 0 Å². The molecule has 3 aromatic rings. The number of aromatic amines is 1. The Labute approximate surface area is 178 Å². The SMILES string of the molecule is C[C@H](N)c1ccccc1.O=C(O)C(C[C@](O)(Cc1c[nH]c2ccccc12)C(=O)O)=NO. The van der Waals surface area contributed by atoms with Crippen molar-refractivity contribution >= 4 is 28.6 Å². The van der Waals surface area contributed by atoms with Crippen LogP contribution in [0.15, 0.2) is 65.9 Å².